The molecule has 0 aliphatic rings. The van der Waals surface area contributed by atoms with E-state index in [1.165, 1.54) is 12.3 Å². The van der Waals surface area contributed by atoms with E-state index in [1.54, 1.807) is 40.7 Å². The van der Waals surface area contributed by atoms with Gasteiger partial charge in [0.05, 0.1) is 34.7 Å². The summed E-state index contributed by atoms with van der Waals surface area (Å²) in [6, 6.07) is 12.8. The van der Waals surface area contributed by atoms with Crippen molar-refractivity contribution in [2.45, 2.75) is 57.5 Å². The number of sulfonamides is 1. The molecule has 5 aromatic rings. The van der Waals surface area contributed by atoms with Gasteiger partial charge in [0.1, 0.15) is 17.2 Å². The van der Waals surface area contributed by atoms with E-state index in [1.807, 2.05) is 43.5 Å². The van der Waals surface area contributed by atoms with Crippen molar-refractivity contribution in [3.63, 3.8) is 0 Å². The summed E-state index contributed by atoms with van der Waals surface area (Å²) in [5.74, 6) is 0.168. The molecule has 1 atom stereocenters. The number of carbonyl (C=O) groups is 1. The molecule has 0 spiro atoms. The SMILES string of the molecule is CC(C)CN(Cc1csc(C(C)C)n1)C(=O)C(Cc1ccc2occc2c1)NS(=O)(=O)c1ccc2occc2c1. The quantitative estimate of drug-likeness (QED) is 0.196. The van der Waals surface area contributed by atoms with E-state index in [0.29, 0.717) is 24.1 Å². The number of aromatic nitrogens is 1. The Morgan fingerprint density at radius 3 is 2.30 bits per heavy atom. The highest BCUT2D eigenvalue weighted by Crippen LogP contribution is 2.24. The fourth-order valence-corrected chi connectivity index (χ4v) is 6.73. The number of benzene rings is 2. The Bertz CT molecular complexity index is 1730. The van der Waals surface area contributed by atoms with Gasteiger partial charge in [0, 0.05) is 28.6 Å². The Hall–Kier alpha value is -3.47. The van der Waals surface area contributed by atoms with Crippen molar-refractivity contribution in [1.29, 1.82) is 0 Å². The molecule has 210 valence electrons. The van der Waals surface area contributed by atoms with Crippen LogP contribution in [0.25, 0.3) is 21.9 Å². The molecule has 10 heteroatoms. The summed E-state index contributed by atoms with van der Waals surface area (Å²) in [5, 5.41) is 4.54. The van der Waals surface area contributed by atoms with Crippen LogP contribution in [-0.4, -0.2) is 36.8 Å². The number of thiazole rings is 1. The van der Waals surface area contributed by atoms with E-state index >= 15 is 0 Å². The number of hydrogen-bond donors (Lipinski definition) is 1. The van der Waals surface area contributed by atoms with E-state index in [4.69, 9.17) is 13.8 Å². The molecule has 0 aliphatic carbocycles. The van der Waals surface area contributed by atoms with Crippen LogP contribution in [0.5, 0.6) is 0 Å². The van der Waals surface area contributed by atoms with Gasteiger partial charge in [-0.05, 0) is 60.4 Å². The molecule has 8 nitrogen and oxygen atoms in total. The number of nitrogens with zero attached hydrogens (tertiary/aromatic N) is 2. The zero-order valence-corrected chi connectivity index (χ0v) is 24.6. The minimum absolute atomic E-state index is 0.0703. The van der Waals surface area contributed by atoms with Crippen molar-refractivity contribution < 1.29 is 22.0 Å². The molecule has 1 N–H and O–H groups in total. The van der Waals surface area contributed by atoms with Crippen molar-refractivity contribution in [2.75, 3.05) is 6.54 Å². The predicted octanol–water partition coefficient (Wildman–Crippen LogP) is 6.33. The first-order valence-electron chi connectivity index (χ1n) is 13.3. The van der Waals surface area contributed by atoms with Gasteiger partial charge in [0.2, 0.25) is 15.9 Å². The Morgan fingerprint density at radius 2 is 1.65 bits per heavy atom. The summed E-state index contributed by atoms with van der Waals surface area (Å²) in [5.41, 5.74) is 2.94. The van der Waals surface area contributed by atoms with Crippen molar-refractivity contribution >= 4 is 49.2 Å². The summed E-state index contributed by atoms with van der Waals surface area (Å²) in [7, 11) is -4.04. The van der Waals surface area contributed by atoms with Crippen LogP contribution in [0.4, 0.5) is 0 Å². The van der Waals surface area contributed by atoms with Crippen LogP contribution in [-0.2, 0) is 27.8 Å². The molecule has 0 fully saturated rings. The molecule has 5 rings (SSSR count). The van der Waals surface area contributed by atoms with Crippen molar-refractivity contribution in [3.05, 3.63) is 82.7 Å². The van der Waals surface area contributed by atoms with Gasteiger partial charge in [0.15, 0.2) is 0 Å². The zero-order valence-electron chi connectivity index (χ0n) is 23.0. The number of carbonyl (C=O) groups excluding carboxylic acids is 1. The number of fused-ring (bicyclic) bond motifs is 2. The Labute approximate surface area is 238 Å². The molecular weight excluding hydrogens is 546 g/mol. The fraction of sp³-hybridized carbons (Fsp3) is 0.333. The molecule has 1 amide bonds. The molecule has 1 unspecified atom stereocenters. The summed E-state index contributed by atoms with van der Waals surface area (Å²) in [6.45, 7) is 9.01. The average Bonchev–Trinajstić information content (AvgIpc) is 3.67. The highest BCUT2D eigenvalue weighted by molar-refractivity contribution is 7.89. The summed E-state index contributed by atoms with van der Waals surface area (Å²) < 4.78 is 40.8. The third-order valence-corrected chi connectivity index (χ3v) is 9.26. The zero-order chi connectivity index (χ0) is 28.4. The second-order valence-corrected chi connectivity index (χ2v) is 13.3. The van der Waals surface area contributed by atoms with E-state index in [-0.39, 0.29) is 29.1 Å². The van der Waals surface area contributed by atoms with Crippen LogP contribution in [0.1, 0.15) is 49.9 Å². The molecule has 3 heterocycles. The number of amides is 1. The van der Waals surface area contributed by atoms with E-state index in [0.717, 1.165) is 27.2 Å². The third-order valence-electron chi connectivity index (χ3n) is 6.60. The van der Waals surface area contributed by atoms with Crippen LogP contribution in [0.15, 0.2) is 80.2 Å². The van der Waals surface area contributed by atoms with Crippen LogP contribution in [0, 0.1) is 5.92 Å². The Morgan fingerprint density at radius 1 is 0.975 bits per heavy atom. The van der Waals surface area contributed by atoms with Gasteiger partial charge in [-0.15, -0.1) is 11.3 Å². The monoisotopic (exact) mass is 579 g/mol. The highest BCUT2D eigenvalue weighted by atomic mass is 32.2. The number of rotatable bonds is 11. The first kappa shape index (κ1) is 28.1. The summed E-state index contributed by atoms with van der Waals surface area (Å²) in [6.07, 6.45) is 3.30. The predicted molar refractivity (Wildman–Crippen MR) is 157 cm³/mol. The smallest absolute Gasteiger partial charge is 0.241 e. The molecular formula is C30H33N3O5S2. The van der Waals surface area contributed by atoms with Crippen LogP contribution < -0.4 is 4.72 Å². The molecule has 0 aliphatic heterocycles. The van der Waals surface area contributed by atoms with Gasteiger partial charge >= 0.3 is 0 Å². The van der Waals surface area contributed by atoms with E-state index < -0.39 is 16.1 Å². The standard InChI is InChI=1S/C30H33N3O5S2/c1-19(2)16-33(17-24-18-39-29(31-24)20(3)4)30(34)26(14-21-5-7-27-22(13-21)9-11-37-27)32-40(35,36)25-6-8-28-23(15-25)10-12-38-28/h5-13,15,18-20,26,32H,14,16-17H2,1-4H3. The van der Waals surface area contributed by atoms with Crippen LogP contribution in [0.3, 0.4) is 0 Å². The maximum absolute atomic E-state index is 14.2. The normalized spacial score (nSPS) is 13.1. The van der Waals surface area contributed by atoms with Crippen molar-refractivity contribution in [2.24, 2.45) is 5.92 Å². The van der Waals surface area contributed by atoms with Gasteiger partial charge < -0.3 is 13.7 Å². The van der Waals surface area contributed by atoms with Gasteiger partial charge in [-0.2, -0.15) is 4.72 Å². The number of nitrogens with one attached hydrogen (secondary N) is 1. The summed E-state index contributed by atoms with van der Waals surface area (Å²) >= 11 is 1.57. The number of furan rings is 2. The Kier molecular flexibility index (Phi) is 8.11. The first-order valence-corrected chi connectivity index (χ1v) is 15.6. The minimum atomic E-state index is -4.04. The maximum Gasteiger partial charge on any atom is 0.241 e. The molecule has 0 radical (unpaired) electrons. The number of hydrogen-bond acceptors (Lipinski definition) is 7. The Balaban J connectivity index is 1.48. The largest absolute Gasteiger partial charge is 0.464 e. The van der Waals surface area contributed by atoms with Gasteiger partial charge in [-0.3, -0.25) is 4.79 Å². The lowest BCUT2D eigenvalue weighted by atomic mass is 10.0. The van der Waals surface area contributed by atoms with E-state index in [2.05, 4.69) is 18.6 Å². The van der Waals surface area contributed by atoms with Crippen LogP contribution >= 0.6 is 11.3 Å². The van der Waals surface area contributed by atoms with Gasteiger partial charge in [-0.1, -0.05) is 33.8 Å². The topological polar surface area (TPSA) is 106 Å². The average molecular weight is 580 g/mol. The van der Waals surface area contributed by atoms with Crippen molar-refractivity contribution in [3.8, 4) is 0 Å². The lowest BCUT2D eigenvalue weighted by molar-refractivity contribution is -0.134. The van der Waals surface area contributed by atoms with Crippen LogP contribution in [0.2, 0.25) is 0 Å². The van der Waals surface area contributed by atoms with E-state index in [9.17, 15) is 13.2 Å². The third kappa shape index (κ3) is 6.29. The highest BCUT2D eigenvalue weighted by Gasteiger charge is 2.31. The fourth-order valence-electron chi connectivity index (χ4n) is 4.67. The molecule has 2 aromatic carbocycles. The maximum atomic E-state index is 14.2. The molecule has 0 bridgehead atoms. The van der Waals surface area contributed by atoms with Gasteiger partial charge in [-0.25, -0.2) is 13.4 Å². The summed E-state index contributed by atoms with van der Waals surface area (Å²) in [4.78, 5) is 20.7. The molecule has 3 aromatic heterocycles. The molecule has 40 heavy (non-hydrogen) atoms. The lowest BCUT2D eigenvalue weighted by Gasteiger charge is -2.29. The second kappa shape index (κ2) is 11.6. The first-order chi connectivity index (χ1) is 19.1. The minimum Gasteiger partial charge on any atom is -0.464 e. The van der Waals surface area contributed by atoms with Crippen molar-refractivity contribution in [1.82, 2.24) is 14.6 Å². The lowest BCUT2D eigenvalue weighted by Crippen LogP contribution is -2.50. The second-order valence-electron chi connectivity index (χ2n) is 10.7. The van der Waals surface area contributed by atoms with Gasteiger partial charge in [0.25, 0.3) is 0 Å². The molecule has 0 saturated carbocycles. The molecule has 0 saturated heterocycles.